The van der Waals surface area contributed by atoms with E-state index in [2.05, 4.69) is 4.98 Å². The Morgan fingerprint density at radius 3 is 2.93 bits per heavy atom. The zero-order valence-corrected chi connectivity index (χ0v) is 8.23. The number of rotatable bonds is 2. The zero-order chi connectivity index (χ0) is 10.8. The fraction of sp³-hybridized carbons (Fsp3) is 0.0909. The molecule has 0 amide bonds. The lowest BCUT2D eigenvalue weighted by Crippen LogP contribution is -1.92. The summed E-state index contributed by atoms with van der Waals surface area (Å²) in [5, 5.41) is 11.5. The normalized spacial score (nSPS) is 11.9. The molecule has 0 aliphatic carbocycles. The molecule has 0 aliphatic heterocycles. The molecule has 1 aromatic carbocycles. The fourth-order valence-corrected chi connectivity index (χ4v) is 1.49. The second-order valence-electron chi connectivity index (χ2n) is 3.33. The Morgan fingerprint density at radius 1 is 1.47 bits per heavy atom. The molecule has 0 fully saturated rings. The number of H-pyrrole nitrogens is 1. The Morgan fingerprint density at radius 2 is 2.20 bits per heavy atom. The first-order valence-corrected chi connectivity index (χ1v) is 4.57. The Hall–Kier alpha value is -2.10. The molecule has 0 saturated heterocycles. The van der Waals surface area contributed by atoms with Crippen LogP contribution in [0.25, 0.3) is 17.0 Å². The highest BCUT2D eigenvalue weighted by Gasteiger charge is 2.05. The van der Waals surface area contributed by atoms with E-state index in [-0.39, 0.29) is 10.6 Å². The molecule has 1 heterocycles. The molecule has 2 rings (SSSR count). The van der Waals surface area contributed by atoms with Crippen LogP contribution in [-0.4, -0.2) is 9.91 Å². The molecule has 2 aromatic rings. The lowest BCUT2D eigenvalue weighted by molar-refractivity contribution is -0.422. The van der Waals surface area contributed by atoms with Crippen LogP contribution in [0, 0.1) is 10.1 Å². The van der Waals surface area contributed by atoms with E-state index in [1.807, 2.05) is 24.3 Å². The van der Waals surface area contributed by atoms with Gasteiger partial charge in [-0.1, -0.05) is 18.2 Å². The average Bonchev–Trinajstić information content (AvgIpc) is 2.62. The van der Waals surface area contributed by atoms with Crippen LogP contribution in [0.4, 0.5) is 0 Å². The number of nitrogens with zero attached hydrogens (tertiary/aromatic N) is 1. The van der Waals surface area contributed by atoms with Crippen LogP contribution in [0.15, 0.2) is 36.2 Å². The van der Waals surface area contributed by atoms with Crippen molar-refractivity contribution in [3.8, 4) is 0 Å². The van der Waals surface area contributed by atoms with Crippen molar-refractivity contribution in [2.24, 2.45) is 0 Å². The van der Waals surface area contributed by atoms with Crippen molar-refractivity contribution in [2.45, 2.75) is 6.92 Å². The summed E-state index contributed by atoms with van der Waals surface area (Å²) >= 11 is 0. The van der Waals surface area contributed by atoms with Gasteiger partial charge in [0.05, 0.1) is 4.92 Å². The van der Waals surface area contributed by atoms with Gasteiger partial charge in [0, 0.05) is 35.7 Å². The number of benzene rings is 1. The van der Waals surface area contributed by atoms with Gasteiger partial charge in [-0.15, -0.1) is 0 Å². The molecule has 0 aliphatic rings. The molecule has 1 N–H and O–H groups in total. The summed E-state index contributed by atoms with van der Waals surface area (Å²) in [7, 11) is 0. The van der Waals surface area contributed by atoms with E-state index in [0.29, 0.717) is 0 Å². The number of fused-ring (bicyclic) bond motifs is 1. The van der Waals surface area contributed by atoms with E-state index in [4.69, 9.17) is 0 Å². The van der Waals surface area contributed by atoms with Crippen LogP contribution in [0.3, 0.4) is 0 Å². The third kappa shape index (κ3) is 1.74. The largest absolute Gasteiger partial charge is 0.361 e. The predicted molar refractivity (Wildman–Crippen MR) is 58.9 cm³/mol. The average molecular weight is 202 g/mol. The van der Waals surface area contributed by atoms with Gasteiger partial charge in [0.1, 0.15) is 0 Å². The van der Waals surface area contributed by atoms with Gasteiger partial charge in [-0.25, -0.2) is 0 Å². The van der Waals surface area contributed by atoms with Crippen LogP contribution >= 0.6 is 0 Å². The lowest BCUT2D eigenvalue weighted by Gasteiger charge is -1.91. The number of aromatic nitrogens is 1. The minimum Gasteiger partial charge on any atom is -0.361 e. The van der Waals surface area contributed by atoms with E-state index in [1.54, 1.807) is 12.3 Å². The smallest absolute Gasteiger partial charge is 0.243 e. The van der Waals surface area contributed by atoms with E-state index in [0.717, 1.165) is 16.5 Å². The summed E-state index contributed by atoms with van der Waals surface area (Å²) in [5.41, 5.74) is 1.97. The lowest BCUT2D eigenvalue weighted by atomic mass is 10.1. The molecule has 4 nitrogen and oxygen atoms in total. The summed E-state index contributed by atoms with van der Waals surface area (Å²) in [6.45, 7) is 1.49. The quantitative estimate of drug-likeness (QED) is 0.601. The molecule has 1 aromatic heterocycles. The number of hydrogen-bond acceptors (Lipinski definition) is 2. The SMILES string of the molecule is CC(=Cc1c[nH]c2ccccc12)[N+](=O)[O-]. The summed E-state index contributed by atoms with van der Waals surface area (Å²) in [6, 6.07) is 7.71. The Bertz CT molecular complexity index is 540. The highest BCUT2D eigenvalue weighted by atomic mass is 16.6. The van der Waals surface area contributed by atoms with Crippen LogP contribution in [0.1, 0.15) is 12.5 Å². The third-order valence-corrected chi connectivity index (χ3v) is 2.27. The van der Waals surface area contributed by atoms with Crippen LogP contribution in [0.2, 0.25) is 0 Å². The van der Waals surface area contributed by atoms with Crippen LogP contribution in [-0.2, 0) is 0 Å². The van der Waals surface area contributed by atoms with Crippen LogP contribution < -0.4 is 0 Å². The Balaban J connectivity index is 2.54. The van der Waals surface area contributed by atoms with E-state index in [1.165, 1.54) is 6.92 Å². The minimum absolute atomic E-state index is 0.139. The van der Waals surface area contributed by atoms with Crippen molar-refractivity contribution in [3.63, 3.8) is 0 Å². The predicted octanol–water partition coefficient (Wildman–Crippen LogP) is 2.81. The van der Waals surface area contributed by atoms with Gasteiger partial charge >= 0.3 is 0 Å². The zero-order valence-electron chi connectivity index (χ0n) is 8.23. The maximum atomic E-state index is 10.5. The third-order valence-electron chi connectivity index (χ3n) is 2.27. The van der Waals surface area contributed by atoms with Gasteiger partial charge in [-0.2, -0.15) is 0 Å². The number of allylic oxidation sites excluding steroid dienone is 1. The van der Waals surface area contributed by atoms with Gasteiger partial charge in [0.25, 0.3) is 0 Å². The summed E-state index contributed by atoms with van der Waals surface area (Å²) < 4.78 is 0. The van der Waals surface area contributed by atoms with Crippen molar-refractivity contribution in [3.05, 3.63) is 51.8 Å². The number of nitro groups is 1. The van der Waals surface area contributed by atoms with Crippen molar-refractivity contribution in [2.75, 3.05) is 0 Å². The highest BCUT2D eigenvalue weighted by Crippen LogP contribution is 2.20. The molecule has 0 atom stereocenters. The monoisotopic (exact) mass is 202 g/mol. The molecule has 0 radical (unpaired) electrons. The minimum atomic E-state index is -0.387. The Labute approximate surface area is 86.4 Å². The van der Waals surface area contributed by atoms with E-state index in [9.17, 15) is 10.1 Å². The molecule has 76 valence electrons. The van der Waals surface area contributed by atoms with Crippen LogP contribution in [0.5, 0.6) is 0 Å². The molecular weight excluding hydrogens is 192 g/mol. The first-order valence-electron chi connectivity index (χ1n) is 4.57. The number of nitrogens with one attached hydrogen (secondary N) is 1. The second-order valence-corrected chi connectivity index (χ2v) is 3.33. The maximum absolute atomic E-state index is 10.5. The topological polar surface area (TPSA) is 58.9 Å². The molecule has 0 spiro atoms. The van der Waals surface area contributed by atoms with Crippen molar-refractivity contribution in [1.29, 1.82) is 0 Å². The fourth-order valence-electron chi connectivity index (χ4n) is 1.49. The summed E-state index contributed by atoms with van der Waals surface area (Å²) in [6.07, 6.45) is 3.34. The molecule has 15 heavy (non-hydrogen) atoms. The molecule has 0 bridgehead atoms. The molecule has 4 heteroatoms. The molecule has 0 saturated carbocycles. The highest BCUT2D eigenvalue weighted by molar-refractivity contribution is 5.88. The van der Waals surface area contributed by atoms with Gasteiger partial charge in [-0.05, 0) is 6.07 Å². The summed E-state index contributed by atoms with van der Waals surface area (Å²) in [4.78, 5) is 13.2. The van der Waals surface area contributed by atoms with E-state index < -0.39 is 0 Å². The first kappa shape index (κ1) is 9.45. The molecular formula is C11H10N2O2. The van der Waals surface area contributed by atoms with Gasteiger partial charge < -0.3 is 4.98 Å². The van der Waals surface area contributed by atoms with Crippen molar-refractivity contribution in [1.82, 2.24) is 4.98 Å². The number of para-hydroxylation sites is 1. The number of aromatic amines is 1. The van der Waals surface area contributed by atoms with Gasteiger partial charge in [0.15, 0.2) is 0 Å². The molecule has 0 unspecified atom stereocenters. The van der Waals surface area contributed by atoms with Crippen molar-refractivity contribution < 1.29 is 4.92 Å². The standard InChI is InChI=1S/C11H10N2O2/c1-8(13(14)15)6-9-7-12-11-5-3-2-4-10(9)11/h2-7,12H,1H3. The summed E-state index contributed by atoms with van der Waals surface area (Å²) in [5.74, 6) is 0. The number of hydrogen-bond donors (Lipinski definition) is 1. The van der Waals surface area contributed by atoms with E-state index >= 15 is 0 Å². The second kappa shape index (κ2) is 3.57. The maximum Gasteiger partial charge on any atom is 0.243 e. The van der Waals surface area contributed by atoms with Gasteiger partial charge in [0.2, 0.25) is 5.70 Å². The van der Waals surface area contributed by atoms with Crippen molar-refractivity contribution >= 4 is 17.0 Å². The Kier molecular flexibility index (Phi) is 2.25. The van der Waals surface area contributed by atoms with Gasteiger partial charge in [-0.3, -0.25) is 10.1 Å². The first-order chi connectivity index (χ1) is 7.18.